The van der Waals surface area contributed by atoms with E-state index in [0.29, 0.717) is 19.4 Å². The first-order chi connectivity index (χ1) is 13.7. The fraction of sp³-hybridized carbons (Fsp3) is 0.667. The molecule has 2 aliphatic heterocycles. The molecule has 1 amide bonds. The molecule has 2 N–H and O–H groups in total. The van der Waals surface area contributed by atoms with Gasteiger partial charge in [0.2, 0.25) is 12.3 Å². The Hall–Kier alpha value is -1.64. The number of aliphatic hydroxyl groups excluding tert-OH is 1. The standard InChI is InChI=1S/C21H25F3N2O3/c22-21(23,24)16-3-1-13(2-4-16)14-5-6-19(7-14)10-26(11-19)17(27)15-8-20(9-15)12-29-18(28)25-20/h1-4,14-15,18,25,28H,5-12H2/t14-,15-,18?,20+/m0/s1. The number of carbonyl (C=O) groups is 1. The minimum Gasteiger partial charge on any atom is -0.356 e. The molecule has 2 saturated carbocycles. The Labute approximate surface area is 167 Å². The first-order valence-corrected chi connectivity index (χ1v) is 10.2. The summed E-state index contributed by atoms with van der Waals surface area (Å²) >= 11 is 0. The number of likely N-dealkylation sites (tertiary alicyclic amines) is 1. The number of carbonyl (C=O) groups excluding carboxylic acids is 1. The fourth-order valence-electron chi connectivity index (χ4n) is 5.78. The van der Waals surface area contributed by atoms with Crippen LogP contribution in [0.1, 0.15) is 49.1 Å². The van der Waals surface area contributed by atoms with Crippen LogP contribution in [0.3, 0.4) is 0 Å². The van der Waals surface area contributed by atoms with Crippen LogP contribution >= 0.6 is 0 Å². The Morgan fingerprint density at radius 3 is 2.45 bits per heavy atom. The van der Waals surface area contributed by atoms with Gasteiger partial charge in [0.25, 0.3) is 0 Å². The van der Waals surface area contributed by atoms with Crippen molar-refractivity contribution in [2.45, 2.75) is 56.2 Å². The second-order valence-corrected chi connectivity index (χ2v) is 9.45. The topological polar surface area (TPSA) is 61.8 Å². The maximum Gasteiger partial charge on any atom is 0.416 e. The molecule has 0 radical (unpaired) electrons. The minimum absolute atomic E-state index is 0.0131. The van der Waals surface area contributed by atoms with Gasteiger partial charge in [-0.1, -0.05) is 12.1 Å². The van der Waals surface area contributed by atoms with Crippen molar-refractivity contribution < 1.29 is 27.8 Å². The van der Waals surface area contributed by atoms with Gasteiger partial charge in [-0.05, 0) is 55.7 Å². The summed E-state index contributed by atoms with van der Waals surface area (Å²) in [7, 11) is 0. The Morgan fingerprint density at radius 2 is 1.86 bits per heavy atom. The average molecular weight is 410 g/mol. The lowest BCUT2D eigenvalue weighted by Gasteiger charge is -2.52. The summed E-state index contributed by atoms with van der Waals surface area (Å²) < 4.78 is 43.4. The molecule has 1 aromatic rings. The van der Waals surface area contributed by atoms with Crippen LogP contribution in [0.4, 0.5) is 13.2 Å². The number of ether oxygens (including phenoxy) is 1. The third kappa shape index (κ3) is 3.35. The number of benzene rings is 1. The second-order valence-electron chi connectivity index (χ2n) is 9.45. The van der Waals surface area contributed by atoms with E-state index >= 15 is 0 Å². The van der Waals surface area contributed by atoms with Crippen LogP contribution in [0.25, 0.3) is 0 Å². The predicted octanol–water partition coefficient (Wildman–Crippen LogP) is 2.85. The molecule has 2 atom stereocenters. The van der Waals surface area contributed by atoms with Gasteiger partial charge in [0, 0.05) is 30.0 Å². The van der Waals surface area contributed by atoms with E-state index < -0.39 is 18.2 Å². The molecule has 4 fully saturated rings. The van der Waals surface area contributed by atoms with Gasteiger partial charge in [0.15, 0.2) is 0 Å². The van der Waals surface area contributed by atoms with Crippen LogP contribution in [-0.2, 0) is 15.7 Å². The number of hydrogen-bond donors (Lipinski definition) is 2. The zero-order valence-corrected chi connectivity index (χ0v) is 16.0. The van der Waals surface area contributed by atoms with Gasteiger partial charge in [-0.25, -0.2) is 0 Å². The van der Waals surface area contributed by atoms with Crippen molar-refractivity contribution in [3.05, 3.63) is 35.4 Å². The summed E-state index contributed by atoms with van der Waals surface area (Å²) in [5.74, 6) is 0.436. The zero-order chi connectivity index (χ0) is 20.4. The molecule has 2 spiro atoms. The van der Waals surface area contributed by atoms with Crippen molar-refractivity contribution in [2.24, 2.45) is 11.3 Å². The molecule has 158 valence electrons. The van der Waals surface area contributed by atoms with Gasteiger partial charge in [-0.2, -0.15) is 13.2 Å². The lowest BCUT2D eigenvalue weighted by atomic mass is 9.67. The second kappa shape index (κ2) is 6.43. The Kier molecular flexibility index (Phi) is 4.28. The summed E-state index contributed by atoms with van der Waals surface area (Å²) in [5.41, 5.74) is 0.229. The molecule has 8 heteroatoms. The molecule has 4 aliphatic rings. The van der Waals surface area contributed by atoms with Gasteiger partial charge in [0.1, 0.15) is 0 Å². The van der Waals surface area contributed by atoms with Crippen LogP contribution in [-0.4, -0.2) is 47.6 Å². The first-order valence-electron chi connectivity index (χ1n) is 10.2. The molecular formula is C21H25F3N2O3. The van der Waals surface area contributed by atoms with Crippen LogP contribution in [0, 0.1) is 11.3 Å². The Balaban J connectivity index is 1.14. The monoisotopic (exact) mass is 410 g/mol. The highest BCUT2D eigenvalue weighted by Gasteiger charge is 2.56. The number of nitrogens with one attached hydrogen (secondary N) is 1. The van der Waals surface area contributed by atoms with Crippen molar-refractivity contribution in [2.75, 3.05) is 19.7 Å². The lowest BCUT2D eigenvalue weighted by molar-refractivity contribution is -0.153. The molecule has 2 saturated heterocycles. The van der Waals surface area contributed by atoms with Gasteiger partial charge in [0.05, 0.1) is 12.2 Å². The van der Waals surface area contributed by atoms with Crippen molar-refractivity contribution in [3.8, 4) is 0 Å². The summed E-state index contributed by atoms with van der Waals surface area (Å²) in [6, 6.07) is 5.54. The summed E-state index contributed by atoms with van der Waals surface area (Å²) in [6.45, 7) is 1.94. The molecule has 0 aromatic heterocycles. The van der Waals surface area contributed by atoms with Crippen molar-refractivity contribution in [1.29, 1.82) is 0 Å². The molecule has 5 nitrogen and oxygen atoms in total. The number of halogens is 3. The smallest absolute Gasteiger partial charge is 0.356 e. The number of hydrogen-bond acceptors (Lipinski definition) is 4. The van der Waals surface area contributed by atoms with Gasteiger partial charge in [-0.3, -0.25) is 10.1 Å². The number of nitrogens with zero attached hydrogens (tertiary/aromatic N) is 1. The molecule has 0 bridgehead atoms. The summed E-state index contributed by atoms with van der Waals surface area (Å²) in [4.78, 5) is 14.7. The normalized spacial score (nSPS) is 35.7. The third-order valence-electron chi connectivity index (χ3n) is 7.35. The van der Waals surface area contributed by atoms with Gasteiger partial charge < -0.3 is 14.7 Å². The van der Waals surface area contributed by atoms with Crippen molar-refractivity contribution >= 4 is 5.91 Å². The van der Waals surface area contributed by atoms with Crippen molar-refractivity contribution in [1.82, 2.24) is 10.2 Å². The molecule has 5 rings (SSSR count). The predicted molar refractivity (Wildman–Crippen MR) is 97.6 cm³/mol. The first kappa shape index (κ1) is 19.3. The van der Waals surface area contributed by atoms with E-state index in [9.17, 15) is 23.1 Å². The quantitative estimate of drug-likeness (QED) is 0.787. The highest BCUT2D eigenvalue weighted by Crippen LogP contribution is 2.53. The average Bonchev–Trinajstić information content (AvgIpc) is 3.22. The largest absolute Gasteiger partial charge is 0.416 e. The maximum atomic E-state index is 12.8. The van der Waals surface area contributed by atoms with Crippen LogP contribution in [0.2, 0.25) is 0 Å². The third-order valence-corrected chi connectivity index (χ3v) is 7.35. The molecule has 1 unspecified atom stereocenters. The van der Waals surface area contributed by atoms with Crippen LogP contribution in [0.5, 0.6) is 0 Å². The van der Waals surface area contributed by atoms with Crippen molar-refractivity contribution in [3.63, 3.8) is 0 Å². The number of aliphatic hydroxyl groups is 1. The van der Waals surface area contributed by atoms with Gasteiger partial charge >= 0.3 is 6.18 Å². The minimum atomic E-state index is -4.30. The Bertz CT molecular complexity index is 798. The number of amides is 1. The fourth-order valence-corrected chi connectivity index (χ4v) is 5.78. The molecule has 29 heavy (non-hydrogen) atoms. The van der Waals surface area contributed by atoms with E-state index in [1.54, 1.807) is 12.1 Å². The maximum absolute atomic E-state index is 12.8. The number of alkyl halides is 3. The SMILES string of the molecule is O=C([C@H]1C[C@]2(COC(O)N2)C1)N1CC2(CC[C@H](c3ccc(C(F)(F)F)cc3)C2)C1. The molecule has 1 aromatic carbocycles. The summed E-state index contributed by atoms with van der Waals surface area (Å²) in [5, 5.41) is 12.5. The molecule has 2 aliphatic carbocycles. The van der Waals surface area contributed by atoms with E-state index in [0.717, 1.165) is 37.9 Å². The molecular weight excluding hydrogens is 385 g/mol. The van der Waals surface area contributed by atoms with E-state index in [2.05, 4.69) is 5.32 Å². The summed E-state index contributed by atoms with van der Waals surface area (Å²) in [6.07, 6.45) is -0.946. The van der Waals surface area contributed by atoms with Crippen LogP contribution < -0.4 is 5.32 Å². The zero-order valence-electron chi connectivity index (χ0n) is 16.0. The van der Waals surface area contributed by atoms with E-state index in [-0.39, 0.29) is 28.7 Å². The van der Waals surface area contributed by atoms with E-state index in [4.69, 9.17) is 4.74 Å². The van der Waals surface area contributed by atoms with E-state index in [1.165, 1.54) is 12.1 Å². The molecule has 2 heterocycles. The van der Waals surface area contributed by atoms with E-state index in [1.807, 2.05) is 4.90 Å². The van der Waals surface area contributed by atoms with Crippen LogP contribution in [0.15, 0.2) is 24.3 Å². The highest BCUT2D eigenvalue weighted by molar-refractivity contribution is 5.81. The highest BCUT2D eigenvalue weighted by atomic mass is 19.4. The van der Waals surface area contributed by atoms with Gasteiger partial charge in [-0.15, -0.1) is 0 Å². The number of rotatable bonds is 2. The Morgan fingerprint density at radius 1 is 1.17 bits per heavy atom. The lowest BCUT2D eigenvalue weighted by Crippen LogP contribution is -2.63.